The van der Waals surface area contributed by atoms with Crippen molar-refractivity contribution in [3.05, 3.63) is 94.0 Å². The number of Topliss-reactive ketones (excluding diaryl/α,β-unsaturated/α-hetero) is 1. The third kappa shape index (κ3) is 6.06. The van der Waals surface area contributed by atoms with Crippen molar-refractivity contribution in [3.63, 3.8) is 0 Å². The standard InChI is InChI=1S/C28H28N4O4S/c1-5-36-24-15-13-22(14-16-24)31-26(19-9-11-21(12-10-19)28(2,3)4)29-30-27(31)37-18-25(33)20-7-6-8-23(17-20)32(34)35/h6-17H,5,18H2,1-4H3. The normalized spacial score (nSPS) is 11.4. The van der Waals surface area contributed by atoms with Crippen LogP contribution in [0.1, 0.15) is 43.6 Å². The monoisotopic (exact) mass is 516 g/mol. The van der Waals surface area contributed by atoms with Gasteiger partial charge in [0.05, 0.1) is 17.3 Å². The minimum Gasteiger partial charge on any atom is -0.494 e. The van der Waals surface area contributed by atoms with Crippen LogP contribution in [0.3, 0.4) is 0 Å². The fraction of sp³-hybridized carbons (Fsp3) is 0.250. The van der Waals surface area contributed by atoms with Crippen molar-refractivity contribution in [2.24, 2.45) is 0 Å². The van der Waals surface area contributed by atoms with E-state index in [1.165, 1.54) is 35.5 Å². The summed E-state index contributed by atoms with van der Waals surface area (Å²) in [5.74, 6) is 1.23. The number of thioether (sulfide) groups is 1. The average Bonchev–Trinajstić information content (AvgIpc) is 3.31. The molecule has 37 heavy (non-hydrogen) atoms. The fourth-order valence-electron chi connectivity index (χ4n) is 3.77. The second-order valence-corrected chi connectivity index (χ2v) is 10.4. The maximum absolute atomic E-state index is 12.8. The Morgan fingerprint density at radius 2 is 1.73 bits per heavy atom. The van der Waals surface area contributed by atoms with Gasteiger partial charge in [0.2, 0.25) is 0 Å². The number of aromatic nitrogens is 3. The number of rotatable bonds is 9. The summed E-state index contributed by atoms with van der Waals surface area (Å²) in [6.07, 6.45) is 0. The second-order valence-electron chi connectivity index (χ2n) is 9.42. The van der Waals surface area contributed by atoms with Gasteiger partial charge in [-0.1, -0.05) is 68.9 Å². The molecule has 9 heteroatoms. The first kappa shape index (κ1) is 26.1. The van der Waals surface area contributed by atoms with Crippen LogP contribution in [0.15, 0.2) is 78.0 Å². The van der Waals surface area contributed by atoms with Gasteiger partial charge in [-0.15, -0.1) is 10.2 Å². The molecule has 3 aromatic carbocycles. The van der Waals surface area contributed by atoms with E-state index in [2.05, 4.69) is 43.1 Å². The van der Waals surface area contributed by atoms with Crippen LogP contribution in [-0.2, 0) is 5.41 Å². The number of ether oxygens (including phenoxy) is 1. The van der Waals surface area contributed by atoms with Crippen LogP contribution in [0.2, 0.25) is 0 Å². The van der Waals surface area contributed by atoms with E-state index in [1.54, 1.807) is 6.07 Å². The number of nitro groups is 1. The van der Waals surface area contributed by atoms with Crippen molar-refractivity contribution in [1.82, 2.24) is 14.8 Å². The lowest BCUT2D eigenvalue weighted by molar-refractivity contribution is -0.384. The number of nitrogens with zero attached hydrogens (tertiary/aromatic N) is 4. The van der Waals surface area contributed by atoms with Gasteiger partial charge >= 0.3 is 0 Å². The van der Waals surface area contributed by atoms with Crippen molar-refractivity contribution >= 4 is 23.2 Å². The van der Waals surface area contributed by atoms with Gasteiger partial charge in [0, 0.05) is 28.9 Å². The van der Waals surface area contributed by atoms with Crippen LogP contribution in [-0.4, -0.2) is 37.8 Å². The summed E-state index contributed by atoms with van der Waals surface area (Å²) < 4.78 is 7.49. The molecule has 0 bridgehead atoms. The Kier molecular flexibility index (Phi) is 7.73. The molecule has 0 amide bonds. The van der Waals surface area contributed by atoms with Crippen LogP contribution in [0.4, 0.5) is 5.69 Å². The number of non-ortho nitro benzene ring substituents is 1. The van der Waals surface area contributed by atoms with E-state index >= 15 is 0 Å². The molecule has 0 aliphatic rings. The quantitative estimate of drug-likeness (QED) is 0.108. The molecule has 4 rings (SSSR count). The molecule has 1 heterocycles. The number of nitro benzene ring substituents is 1. The van der Waals surface area contributed by atoms with Crippen molar-refractivity contribution in [2.75, 3.05) is 12.4 Å². The summed E-state index contributed by atoms with van der Waals surface area (Å²) in [5, 5.41) is 20.5. The SMILES string of the molecule is CCOc1ccc(-n2c(SCC(=O)c3cccc([N+](=O)[O-])c3)nnc2-c2ccc(C(C)(C)C)cc2)cc1. The van der Waals surface area contributed by atoms with Crippen molar-refractivity contribution in [2.45, 2.75) is 38.3 Å². The Bertz CT molecular complexity index is 1410. The first-order valence-corrected chi connectivity index (χ1v) is 12.9. The van der Waals surface area contributed by atoms with E-state index in [1.807, 2.05) is 47.9 Å². The zero-order chi connectivity index (χ0) is 26.6. The number of ketones is 1. The summed E-state index contributed by atoms with van der Waals surface area (Å²) in [6, 6.07) is 21.6. The Morgan fingerprint density at radius 3 is 2.35 bits per heavy atom. The summed E-state index contributed by atoms with van der Waals surface area (Å²) in [6.45, 7) is 8.99. The lowest BCUT2D eigenvalue weighted by atomic mass is 9.87. The summed E-state index contributed by atoms with van der Waals surface area (Å²) in [4.78, 5) is 23.4. The molecule has 0 aliphatic carbocycles. The number of carbonyl (C=O) groups is 1. The zero-order valence-corrected chi connectivity index (χ0v) is 22.0. The van der Waals surface area contributed by atoms with E-state index in [0.717, 1.165) is 17.0 Å². The fourth-order valence-corrected chi connectivity index (χ4v) is 4.61. The molecule has 1 aromatic heterocycles. The molecule has 4 aromatic rings. The molecular weight excluding hydrogens is 488 g/mol. The number of hydrogen-bond acceptors (Lipinski definition) is 7. The van der Waals surface area contributed by atoms with E-state index < -0.39 is 4.92 Å². The lowest BCUT2D eigenvalue weighted by Gasteiger charge is -2.19. The molecule has 0 N–H and O–H groups in total. The van der Waals surface area contributed by atoms with Gasteiger partial charge in [-0.25, -0.2) is 0 Å². The van der Waals surface area contributed by atoms with Gasteiger partial charge < -0.3 is 4.74 Å². The van der Waals surface area contributed by atoms with Crippen molar-refractivity contribution in [3.8, 4) is 22.8 Å². The molecule has 190 valence electrons. The van der Waals surface area contributed by atoms with E-state index in [9.17, 15) is 14.9 Å². The Balaban J connectivity index is 1.67. The van der Waals surface area contributed by atoms with Crippen molar-refractivity contribution in [1.29, 1.82) is 0 Å². The van der Waals surface area contributed by atoms with Crippen LogP contribution >= 0.6 is 11.8 Å². The predicted molar refractivity (Wildman–Crippen MR) is 145 cm³/mol. The van der Waals surface area contributed by atoms with Gasteiger partial charge in [0.15, 0.2) is 16.8 Å². The maximum Gasteiger partial charge on any atom is 0.270 e. The topological polar surface area (TPSA) is 100 Å². The molecule has 0 saturated heterocycles. The number of benzene rings is 3. The lowest BCUT2D eigenvalue weighted by Crippen LogP contribution is -2.10. The Labute approximate surface area is 219 Å². The molecule has 0 spiro atoms. The number of hydrogen-bond donors (Lipinski definition) is 0. The van der Waals surface area contributed by atoms with Crippen LogP contribution in [0, 0.1) is 10.1 Å². The highest BCUT2D eigenvalue weighted by Gasteiger charge is 2.20. The summed E-state index contributed by atoms with van der Waals surface area (Å²) in [7, 11) is 0. The first-order chi connectivity index (χ1) is 17.7. The first-order valence-electron chi connectivity index (χ1n) is 11.9. The van der Waals surface area contributed by atoms with Gasteiger partial charge in [-0.05, 0) is 42.2 Å². The largest absolute Gasteiger partial charge is 0.494 e. The Morgan fingerprint density at radius 1 is 1.03 bits per heavy atom. The minimum absolute atomic E-state index is 0.0230. The average molecular weight is 517 g/mol. The third-order valence-corrected chi connectivity index (χ3v) is 6.69. The van der Waals surface area contributed by atoms with Gasteiger partial charge in [0.1, 0.15) is 5.75 Å². The number of carbonyl (C=O) groups excluding carboxylic acids is 1. The molecule has 0 radical (unpaired) electrons. The maximum atomic E-state index is 12.8. The molecule has 8 nitrogen and oxygen atoms in total. The third-order valence-electron chi connectivity index (χ3n) is 5.76. The van der Waals surface area contributed by atoms with E-state index in [-0.39, 0.29) is 28.2 Å². The van der Waals surface area contributed by atoms with Gasteiger partial charge in [-0.2, -0.15) is 0 Å². The Hall–Kier alpha value is -3.98. The smallest absolute Gasteiger partial charge is 0.270 e. The highest BCUT2D eigenvalue weighted by atomic mass is 32.2. The summed E-state index contributed by atoms with van der Waals surface area (Å²) in [5.41, 5.74) is 3.12. The molecule has 0 aliphatic heterocycles. The van der Waals surface area contributed by atoms with E-state index in [0.29, 0.717) is 17.6 Å². The van der Waals surface area contributed by atoms with Crippen LogP contribution < -0.4 is 4.74 Å². The second kappa shape index (κ2) is 11.0. The van der Waals surface area contributed by atoms with Crippen LogP contribution in [0.5, 0.6) is 5.75 Å². The predicted octanol–water partition coefficient (Wildman–Crippen LogP) is 6.51. The molecule has 0 saturated carbocycles. The zero-order valence-electron chi connectivity index (χ0n) is 21.2. The molecule has 0 unspecified atom stereocenters. The van der Waals surface area contributed by atoms with Gasteiger partial charge in [0.25, 0.3) is 5.69 Å². The minimum atomic E-state index is -0.510. The van der Waals surface area contributed by atoms with E-state index in [4.69, 9.17) is 4.74 Å². The molecular formula is C28H28N4O4S. The molecule has 0 atom stereocenters. The van der Waals surface area contributed by atoms with Crippen molar-refractivity contribution < 1.29 is 14.5 Å². The highest BCUT2D eigenvalue weighted by Crippen LogP contribution is 2.31. The summed E-state index contributed by atoms with van der Waals surface area (Å²) >= 11 is 1.24. The highest BCUT2D eigenvalue weighted by molar-refractivity contribution is 7.99. The van der Waals surface area contributed by atoms with Gasteiger partial charge in [-0.3, -0.25) is 19.5 Å². The van der Waals surface area contributed by atoms with Crippen LogP contribution in [0.25, 0.3) is 17.1 Å². The molecule has 0 fully saturated rings.